The van der Waals surface area contributed by atoms with Crippen LogP contribution in [0.15, 0.2) is 48.8 Å². The van der Waals surface area contributed by atoms with Gasteiger partial charge in [-0.3, -0.25) is 14.8 Å². The molecule has 2 aliphatic heterocycles. The summed E-state index contributed by atoms with van der Waals surface area (Å²) < 4.78 is 0. The first kappa shape index (κ1) is 21.5. The summed E-state index contributed by atoms with van der Waals surface area (Å²) in [6.45, 7) is 4.51. The van der Waals surface area contributed by atoms with Crippen molar-refractivity contribution in [2.75, 3.05) is 18.0 Å². The van der Waals surface area contributed by atoms with Gasteiger partial charge < -0.3 is 9.80 Å². The van der Waals surface area contributed by atoms with Gasteiger partial charge in [0.25, 0.3) is 0 Å². The molecule has 0 bridgehead atoms. The van der Waals surface area contributed by atoms with Gasteiger partial charge in [-0.1, -0.05) is 12.1 Å². The molecule has 1 saturated heterocycles. The normalized spacial score (nSPS) is 18.2. The number of nitrogens with zero attached hydrogens (tertiary/aromatic N) is 6. The van der Waals surface area contributed by atoms with Crippen LogP contribution in [0.25, 0.3) is 0 Å². The standard InChI is InChI=1S/C26H30N6O/c1-19-22-11-8-15-31(18-21-10-3-6-14-28-21)26(22)30-25(29-19)23-12-4-7-16-32(23)24(33)17-20-9-2-5-13-27-20/h2-3,5-6,9-10,13-14,23H,4,7-8,11-12,15-18H2,1H3/t23-/m0/s1. The third kappa shape index (κ3) is 4.72. The SMILES string of the molecule is Cc1nc([C@@H]2CCCCN2C(=O)Cc2ccccn2)nc2c1CCCN2Cc1ccccn1. The van der Waals surface area contributed by atoms with Gasteiger partial charge in [0.15, 0.2) is 5.82 Å². The zero-order valence-electron chi connectivity index (χ0n) is 19.2. The second kappa shape index (κ2) is 9.65. The van der Waals surface area contributed by atoms with Gasteiger partial charge in [-0.25, -0.2) is 9.97 Å². The Morgan fingerprint density at radius 3 is 2.52 bits per heavy atom. The van der Waals surface area contributed by atoms with Gasteiger partial charge >= 0.3 is 0 Å². The van der Waals surface area contributed by atoms with Crippen molar-refractivity contribution in [3.8, 4) is 0 Å². The molecular formula is C26H30N6O. The molecule has 5 heterocycles. The Morgan fingerprint density at radius 1 is 0.970 bits per heavy atom. The average Bonchev–Trinajstić information content (AvgIpc) is 2.86. The van der Waals surface area contributed by atoms with Crippen LogP contribution in [0.4, 0.5) is 5.82 Å². The molecule has 0 aliphatic carbocycles. The van der Waals surface area contributed by atoms with Crippen molar-refractivity contribution < 1.29 is 4.79 Å². The highest BCUT2D eigenvalue weighted by molar-refractivity contribution is 5.78. The van der Waals surface area contributed by atoms with Crippen molar-refractivity contribution in [2.45, 2.75) is 58.0 Å². The summed E-state index contributed by atoms with van der Waals surface area (Å²) in [4.78, 5) is 36.4. The number of anilines is 1. The fourth-order valence-corrected chi connectivity index (χ4v) is 4.96. The molecule has 170 valence electrons. The monoisotopic (exact) mass is 442 g/mol. The molecule has 33 heavy (non-hydrogen) atoms. The van der Waals surface area contributed by atoms with E-state index in [0.717, 1.165) is 80.5 Å². The second-order valence-corrected chi connectivity index (χ2v) is 8.91. The van der Waals surface area contributed by atoms with E-state index in [1.807, 2.05) is 41.4 Å². The zero-order chi connectivity index (χ0) is 22.6. The molecule has 0 N–H and O–H groups in total. The largest absolute Gasteiger partial charge is 0.350 e. The molecule has 5 rings (SSSR count). The topological polar surface area (TPSA) is 75.1 Å². The third-order valence-corrected chi connectivity index (χ3v) is 6.62. The number of aryl methyl sites for hydroxylation is 1. The van der Waals surface area contributed by atoms with Gasteiger partial charge in [-0.05, 0) is 63.3 Å². The number of rotatable bonds is 5. The lowest BCUT2D eigenvalue weighted by molar-refractivity contribution is -0.134. The number of hydrogen-bond acceptors (Lipinski definition) is 6. The first-order chi connectivity index (χ1) is 16.2. The number of pyridine rings is 2. The number of piperidine rings is 1. The van der Waals surface area contributed by atoms with Gasteiger partial charge in [-0.15, -0.1) is 0 Å². The van der Waals surface area contributed by atoms with Gasteiger partial charge in [0.2, 0.25) is 5.91 Å². The Labute approximate surface area is 194 Å². The minimum absolute atomic E-state index is 0.0856. The van der Waals surface area contributed by atoms with Gasteiger partial charge in [0.05, 0.1) is 24.7 Å². The van der Waals surface area contributed by atoms with E-state index >= 15 is 0 Å². The maximum absolute atomic E-state index is 13.2. The number of amides is 1. The molecular weight excluding hydrogens is 412 g/mol. The highest BCUT2D eigenvalue weighted by Gasteiger charge is 2.32. The van der Waals surface area contributed by atoms with Crippen LogP contribution in [0, 0.1) is 6.92 Å². The summed E-state index contributed by atoms with van der Waals surface area (Å²) >= 11 is 0. The van der Waals surface area contributed by atoms with Gasteiger partial charge in [-0.2, -0.15) is 0 Å². The van der Waals surface area contributed by atoms with E-state index in [1.54, 1.807) is 6.20 Å². The molecule has 2 aliphatic rings. The van der Waals surface area contributed by atoms with Gasteiger partial charge in [0, 0.05) is 42.4 Å². The summed E-state index contributed by atoms with van der Waals surface area (Å²) in [5.74, 6) is 1.88. The molecule has 7 nitrogen and oxygen atoms in total. The lowest BCUT2D eigenvalue weighted by Crippen LogP contribution is -2.41. The molecule has 0 radical (unpaired) electrons. The van der Waals surface area contributed by atoms with Crippen molar-refractivity contribution in [3.05, 3.63) is 77.3 Å². The number of aromatic nitrogens is 4. The minimum Gasteiger partial charge on any atom is -0.350 e. The molecule has 1 amide bonds. The highest BCUT2D eigenvalue weighted by Crippen LogP contribution is 2.34. The number of fused-ring (bicyclic) bond motifs is 1. The Hall–Kier alpha value is -3.35. The molecule has 7 heteroatoms. The maximum Gasteiger partial charge on any atom is 0.229 e. The van der Waals surface area contributed by atoms with Gasteiger partial charge in [0.1, 0.15) is 5.82 Å². The van der Waals surface area contributed by atoms with Crippen LogP contribution in [0.2, 0.25) is 0 Å². The first-order valence-corrected chi connectivity index (χ1v) is 11.9. The van der Waals surface area contributed by atoms with Crippen LogP contribution >= 0.6 is 0 Å². The van der Waals surface area contributed by atoms with Crippen LogP contribution in [0.5, 0.6) is 0 Å². The van der Waals surface area contributed by atoms with E-state index in [4.69, 9.17) is 9.97 Å². The minimum atomic E-state index is -0.0856. The average molecular weight is 443 g/mol. The van der Waals surface area contributed by atoms with Crippen LogP contribution in [-0.4, -0.2) is 43.8 Å². The van der Waals surface area contributed by atoms with E-state index in [9.17, 15) is 4.79 Å². The quantitative estimate of drug-likeness (QED) is 0.598. The van der Waals surface area contributed by atoms with E-state index in [2.05, 4.69) is 27.9 Å². The van der Waals surface area contributed by atoms with Crippen molar-refractivity contribution in [1.82, 2.24) is 24.8 Å². The number of carbonyl (C=O) groups excluding carboxylic acids is 1. The Morgan fingerprint density at radius 2 is 1.76 bits per heavy atom. The third-order valence-electron chi connectivity index (χ3n) is 6.62. The number of likely N-dealkylation sites (tertiary alicyclic amines) is 1. The summed E-state index contributed by atoms with van der Waals surface area (Å²) in [5, 5.41) is 0. The Bertz CT molecular complexity index is 1100. The second-order valence-electron chi connectivity index (χ2n) is 8.91. The highest BCUT2D eigenvalue weighted by atomic mass is 16.2. The molecule has 0 aromatic carbocycles. The van der Waals surface area contributed by atoms with E-state index < -0.39 is 0 Å². The predicted octanol–water partition coefficient (Wildman–Crippen LogP) is 3.82. The molecule has 3 aromatic heterocycles. The van der Waals surface area contributed by atoms with E-state index in [1.165, 1.54) is 5.56 Å². The summed E-state index contributed by atoms with van der Waals surface area (Å²) in [7, 11) is 0. The number of carbonyl (C=O) groups is 1. The summed E-state index contributed by atoms with van der Waals surface area (Å²) in [6, 6.07) is 11.6. The molecule has 3 aromatic rings. The molecule has 0 spiro atoms. The van der Waals surface area contributed by atoms with Crippen molar-refractivity contribution in [1.29, 1.82) is 0 Å². The van der Waals surface area contributed by atoms with Crippen LogP contribution in [-0.2, 0) is 24.2 Å². The van der Waals surface area contributed by atoms with Crippen molar-refractivity contribution >= 4 is 11.7 Å². The molecule has 0 unspecified atom stereocenters. The zero-order valence-corrected chi connectivity index (χ0v) is 19.2. The van der Waals surface area contributed by atoms with E-state index in [0.29, 0.717) is 6.42 Å². The Kier molecular flexibility index (Phi) is 6.28. The van der Waals surface area contributed by atoms with Crippen molar-refractivity contribution in [2.24, 2.45) is 0 Å². The molecule has 0 saturated carbocycles. The lowest BCUT2D eigenvalue weighted by Gasteiger charge is -2.36. The maximum atomic E-state index is 13.2. The molecule has 1 atom stereocenters. The number of hydrogen-bond donors (Lipinski definition) is 0. The smallest absolute Gasteiger partial charge is 0.229 e. The first-order valence-electron chi connectivity index (χ1n) is 11.9. The Balaban J connectivity index is 1.43. The van der Waals surface area contributed by atoms with Crippen LogP contribution in [0.3, 0.4) is 0 Å². The predicted molar refractivity (Wildman–Crippen MR) is 127 cm³/mol. The van der Waals surface area contributed by atoms with Crippen LogP contribution < -0.4 is 4.90 Å². The fourth-order valence-electron chi connectivity index (χ4n) is 4.96. The summed E-state index contributed by atoms with van der Waals surface area (Å²) in [6.07, 6.45) is 8.95. The molecule has 1 fully saturated rings. The fraction of sp³-hybridized carbons (Fsp3) is 0.423. The van der Waals surface area contributed by atoms with Crippen LogP contribution in [0.1, 0.15) is 60.2 Å². The van der Waals surface area contributed by atoms with E-state index in [-0.39, 0.29) is 11.9 Å². The summed E-state index contributed by atoms with van der Waals surface area (Å²) in [5.41, 5.74) is 4.09. The lowest BCUT2D eigenvalue weighted by atomic mass is 9.99. The van der Waals surface area contributed by atoms with Crippen molar-refractivity contribution in [3.63, 3.8) is 0 Å².